The first-order valence-electron chi connectivity index (χ1n) is 6.44. The van der Waals surface area contributed by atoms with E-state index in [0.29, 0.717) is 0 Å². The van der Waals surface area contributed by atoms with Crippen LogP contribution < -0.4 is 4.74 Å². The van der Waals surface area contributed by atoms with Gasteiger partial charge in [-0.1, -0.05) is 38.6 Å². The minimum atomic E-state index is 0.00846. The zero-order valence-corrected chi connectivity index (χ0v) is 11.1. The van der Waals surface area contributed by atoms with Gasteiger partial charge in [0, 0.05) is 0 Å². The van der Waals surface area contributed by atoms with Gasteiger partial charge < -0.3 is 4.74 Å². The van der Waals surface area contributed by atoms with E-state index in [1.165, 1.54) is 0 Å². The minimum absolute atomic E-state index is 0.00846. The summed E-state index contributed by atoms with van der Waals surface area (Å²) in [4.78, 5) is 0. The SMILES string of the molecule is C=Cc1ccc(OC2(C)CC(C)C(C)C2)cc1. The second kappa shape index (κ2) is 4.56. The number of ether oxygens (including phenoxy) is 1. The molecule has 0 saturated heterocycles. The second-order valence-corrected chi connectivity index (χ2v) is 5.69. The molecule has 2 rings (SSSR count). The summed E-state index contributed by atoms with van der Waals surface area (Å²) in [5.74, 6) is 2.49. The lowest BCUT2D eigenvalue weighted by Crippen LogP contribution is -2.28. The molecule has 0 aromatic heterocycles. The Morgan fingerprint density at radius 1 is 1.18 bits per heavy atom. The predicted molar refractivity (Wildman–Crippen MR) is 73.1 cm³/mol. The second-order valence-electron chi connectivity index (χ2n) is 5.69. The van der Waals surface area contributed by atoms with Crippen molar-refractivity contribution >= 4 is 6.08 Å². The lowest BCUT2D eigenvalue weighted by molar-refractivity contribution is 0.0905. The predicted octanol–water partition coefficient (Wildman–Crippen LogP) is 4.53. The lowest BCUT2D eigenvalue weighted by Gasteiger charge is -2.26. The molecule has 0 radical (unpaired) electrons. The van der Waals surface area contributed by atoms with E-state index < -0.39 is 0 Å². The molecule has 0 N–H and O–H groups in total. The third-order valence-corrected chi connectivity index (χ3v) is 3.96. The summed E-state index contributed by atoms with van der Waals surface area (Å²) in [7, 11) is 0. The van der Waals surface area contributed by atoms with Gasteiger partial charge in [-0.15, -0.1) is 0 Å². The fourth-order valence-electron chi connectivity index (χ4n) is 2.89. The summed E-state index contributed by atoms with van der Waals surface area (Å²) in [5.41, 5.74) is 1.14. The van der Waals surface area contributed by atoms with Crippen molar-refractivity contribution in [2.45, 2.75) is 39.2 Å². The largest absolute Gasteiger partial charge is 0.488 e. The van der Waals surface area contributed by atoms with Gasteiger partial charge >= 0.3 is 0 Å². The molecule has 0 amide bonds. The molecule has 1 aliphatic carbocycles. The average Bonchev–Trinajstić information content (AvgIpc) is 2.53. The van der Waals surface area contributed by atoms with Crippen LogP contribution in [0.5, 0.6) is 5.75 Å². The Balaban J connectivity index is 2.07. The minimum Gasteiger partial charge on any atom is -0.488 e. The topological polar surface area (TPSA) is 9.23 Å². The Labute approximate surface area is 104 Å². The van der Waals surface area contributed by atoms with E-state index >= 15 is 0 Å². The lowest BCUT2D eigenvalue weighted by atomic mass is 10.0. The highest BCUT2D eigenvalue weighted by molar-refractivity contribution is 5.48. The highest BCUT2D eigenvalue weighted by atomic mass is 16.5. The average molecular weight is 230 g/mol. The third-order valence-electron chi connectivity index (χ3n) is 3.96. The number of hydrogen-bond donors (Lipinski definition) is 0. The van der Waals surface area contributed by atoms with Crippen molar-refractivity contribution in [3.63, 3.8) is 0 Å². The van der Waals surface area contributed by atoms with E-state index in [-0.39, 0.29) is 5.60 Å². The van der Waals surface area contributed by atoms with Gasteiger partial charge in [-0.2, -0.15) is 0 Å². The third kappa shape index (κ3) is 2.71. The van der Waals surface area contributed by atoms with Crippen LogP contribution >= 0.6 is 0 Å². The van der Waals surface area contributed by atoms with Crippen molar-refractivity contribution in [1.29, 1.82) is 0 Å². The van der Waals surface area contributed by atoms with Gasteiger partial charge in [0.1, 0.15) is 11.4 Å². The van der Waals surface area contributed by atoms with E-state index in [1.807, 2.05) is 30.3 Å². The fourth-order valence-corrected chi connectivity index (χ4v) is 2.89. The number of hydrogen-bond acceptors (Lipinski definition) is 1. The molecule has 0 heterocycles. The molecule has 0 bridgehead atoms. The molecule has 1 heteroatoms. The summed E-state index contributed by atoms with van der Waals surface area (Å²) >= 11 is 0. The molecule has 1 saturated carbocycles. The summed E-state index contributed by atoms with van der Waals surface area (Å²) < 4.78 is 6.17. The summed E-state index contributed by atoms with van der Waals surface area (Å²) in [6.07, 6.45) is 4.15. The molecule has 0 spiro atoms. The molecule has 0 aliphatic heterocycles. The van der Waals surface area contributed by atoms with Gasteiger partial charge in [0.2, 0.25) is 0 Å². The molecule has 1 aromatic carbocycles. The van der Waals surface area contributed by atoms with Crippen LogP contribution in [0.4, 0.5) is 0 Å². The zero-order chi connectivity index (χ0) is 12.5. The van der Waals surface area contributed by atoms with E-state index in [9.17, 15) is 0 Å². The molecule has 1 fully saturated rings. The fraction of sp³-hybridized carbons (Fsp3) is 0.500. The van der Waals surface area contributed by atoms with Crippen LogP contribution in [0.15, 0.2) is 30.8 Å². The summed E-state index contributed by atoms with van der Waals surface area (Å²) in [6, 6.07) is 8.17. The van der Waals surface area contributed by atoms with Crippen LogP contribution in [0.2, 0.25) is 0 Å². The van der Waals surface area contributed by atoms with E-state index in [0.717, 1.165) is 36.0 Å². The van der Waals surface area contributed by atoms with Gasteiger partial charge in [0.25, 0.3) is 0 Å². The molecule has 17 heavy (non-hydrogen) atoms. The van der Waals surface area contributed by atoms with E-state index in [1.54, 1.807) is 0 Å². The molecular weight excluding hydrogens is 208 g/mol. The van der Waals surface area contributed by atoms with Crippen molar-refractivity contribution in [2.75, 3.05) is 0 Å². The Bertz CT molecular complexity index is 380. The highest BCUT2D eigenvalue weighted by Gasteiger charge is 2.39. The first-order chi connectivity index (χ1) is 8.02. The zero-order valence-electron chi connectivity index (χ0n) is 11.1. The molecule has 1 aromatic rings. The van der Waals surface area contributed by atoms with Gasteiger partial charge in [-0.25, -0.2) is 0 Å². The van der Waals surface area contributed by atoms with Gasteiger partial charge in [0.15, 0.2) is 0 Å². The Hall–Kier alpha value is -1.24. The molecule has 92 valence electrons. The van der Waals surface area contributed by atoms with E-state index in [2.05, 4.69) is 27.4 Å². The maximum absolute atomic E-state index is 6.17. The van der Waals surface area contributed by atoms with Crippen LogP contribution in [-0.4, -0.2) is 5.60 Å². The molecule has 2 unspecified atom stereocenters. The summed E-state index contributed by atoms with van der Waals surface area (Å²) in [5, 5.41) is 0. The maximum Gasteiger partial charge on any atom is 0.120 e. The molecule has 1 nitrogen and oxygen atoms in total. The van der Waals surface area contributed by atoms with Crippen LogP contribution in [-0.2, 0) is 0 Å². The van der Waals surface area contributed by atoms with Crippen molar-refractivity contribution in [3.8, 4) is 5.75 Å². The monoisotopic (exact) mass is 230 g/mol. The molecule has 1 aliphatic rings. The standard InChI is InChI=1S/C16H22O/c1-5-14-6-8-15(9-7-14)17-16(4)10-12(2)13(3)11-16/h5-9,12-13H,1,10-11H2,2-4H3. The van der Waals surface area contributed by atoms with Crippen LogP contribution in [0, 0.1) is 11.8 Å². The Kier molecular flexibility index (Phi) is 3.28. The Morgan fingerprint density at radius 3 is 2.18 bits per heavy atom. The number of rotatable bonds is 3. The van der Waals surface area contributed by atoms with Gasteiger partial charge in [-0.3, -0.25) is 0 Å². The first kappa shape index (κ1) is 12.2. The van der Waals surface area contributed by atoms with E-state index in [4.69, 9.17) is 4.74 Å². The van der Waals surface area contributed by atoms with Crippen molar-refractivity contribution in [1.82, 2.24) is 0 Å². The van der Waals surface area contributed by atoms with Crippen LogP contribution in [0.3, 0.4) is 0 Å². The van der Waals surface area contributed by atoms with Crippen molar-refractivity contribution in [3.05, 3.63) is 36.4 Å². The quantitative estimate of drug-likeness (QED) is 0.741. The highest BCUT2D eigenvalue weighted by Crippen LogP contribution is 2.41. The molecule has 2 atom stereocenters. The van der Waals surface area contributed by atoms with Crippen molar-refractivity contribution in [2.24, 2.45) is 11.8 Å². The Morgan fingerprint density at radius 2 is 1.71 bits per heavy atom. The van der Waals surface area contributed by atoms with Gasteiger partial charge in [0.05, 0.1) is 0 Å². The van der Waals surface area contributed by atoms with Gasteiger partial charge in [-0.05, 0) is 49.3 Å². The van der Waals surface area contributed by atoms with Crippen LogP contribution in [0.1, 0.15) is 39.2 Å². The smallest absolute Gasteiger partial charge is 0.120 e. The van der Waals surface area contributed by atoms with Crippen molar-refractivity contribution < 1.29 is 4.74 Å². The first-order valence-corrected chi connectivity index (χ1v) is 6.44. The molecular formula is C16H22O. The van der Waals surface area contributed by atoms with Crippen LogP contribution in [0.25, 0.3) is 6.08 Å². The maximum atomic E-state index is 6.17. The normalized spacial score (nSPS) is 32.4. The number of benzene rings is 1. The summed E-state index contributed by atoms with van der Waals surface area (Å²) in [6.45, 7) is 10.6.